The Morgan fingerprint density at radius 1 is 1.30 bits per heavy atom. The fourth-order valence-corrected chi connectivity index (χ4v) is 4.35. The van der Waals surface area contributed by atoms with Gasteiger partial charge in [0.2, 0.25) is 5.91 Å². The normalized spacial score (nSPS) is 12.6. The fraction of sp³-hybridized carbons (Fsp3) is 0.444. The van der Waals surface area contributed by atoms with Crippen LogP contribution in [0, 0.1) is 13.8 Å². The van der Waals surface area contributed by atoms with Crippen LogP contribution in [0.4, 0.5) is 18.2 Å². The molecule has 30 heavy (non-hydrogen) atoms. The first-order valence-corrected chi connectivity index (χ1v) is 10.4. The molecule has 12 heteroatoms. The van der Waals surface area contributed by atoms with Crippen molar-refractivity contribution in [1.82, 2.24) is 9.78 Å². The van der Waals surface area contributed by atoms with Gasteiger partial charge < -0.3 is 10.1 Å². The number of nitrogens with zero attached hydrogens (tertiary/aromatic N) is 2. The second kappa shape index (κ2) is 8.88. The molecule has 2 rings (SSSR count). The fourth-order valence-electron chi connectivity index (χ4n) is 2.77. The van der Waals surface area contributed by atoms with Gasteiger partial charge in [-0.05, 0) is 56.1 Å². The Balaban J connectivity index is 2.42. The number of halogens is 4. The molecule has 0 saturated carbocycles. The van der Waals surface area contributed by atoms with Crippen LogP contribution in [0.5, 0.6) is 0 Å². The second-order valence-electron chi connectivity index (χ2n) is 6.39. The maximum Gasteiger partial charge on any atom is 0.436 e. The number of amides is 1. The van der Waals surface area contributed by atoms with Gasteiger partial charge in [0.1, 0.15) is 11.0 Å². The number of anilines is 1. The smallest absolute Gasteiger partial charge is 0.436 e. The van der Waals surface area contributed by atoms with Crippen molar-refractivity contribution in [2.75, 3.05) is 11.9 Å². The molecule has 2 heterocycles. The summed E-state index contributed by atoms with van der Waals surface area (Å²) in [5.41, 5.74) is -0.617. The van der Waals surface area contributed by atoms with Crippen LogP contribution in [0.25, 0.3) is 0 Å². The molecule has 1 N–H and O–H groups in total. The second-order valence-corrected chi connectivity index (χ2v) is 8.21. The Hall–Kier alpha value is -2.21. The highest BCUT2D eigenvalue weighted by atomic mass is 79.9. The highest BCUT2D eigenvalue weighted by molar-refractivity contribution is 9.10. The van der Waals surface area contributed by atoms with E-state index in [-0.39, 0.29) is 38.0 Å². The third kappa shape index (κ3) is 4.59. The lowest BCUT2D eigenvalue weighted by Gasteiger charge is -2.14. The largest absolute Gasteiger partial charge is 0.462 e. The quantitative estimate of drug-likeness (QED) is 0.440. The predicted molar refractivity (Wildman–Crippen MR) is 108 cm³/mol. The molecular formula is C18H19BrF3N3O4S. The molecule has 0 spiro atoms. The number of ether oxygens (including phenoxy) is 1. The van der Waals surface area contributed by atoms with E-state index in [1.54, 1.807) is 13.8 Å². The number of nitrogens with one attached hydrogen (secondary N) is 1. The topological polar surface area (TPSA) is 90.3 Å². The molecule has 2 aromatic rings. The maximum absolute atomic E-state index is 13.1. The minimum absolute atomic E-state index is 0.0435. The van der Waals surface area contributed by atoms with Crippen molar-refractivity contribution in [2.24, 2.45) is 0 Å². The van der Waals surface area contributed by atoms with Crippen LogP contribution < -0.4 is 5.32 Å². The summed E-state index contributed by atoms with van der Waals surface area (Å²) in [6.45, 7) is 7.35. The van der Waals surface area contributed by atoms with Crippen molar-refractivity contribution in [3.05, 3.63) is 31.9 Å². The molecule has 0 saturated heterocycles. The van der Waals surface area contributed by atoms with Crippen LogP contribution in [0.15, 0.2) is 4.47 Å². The Morgan fingerprint density at radius 3 is 2.37 bits per heavy atom. The zero-order valence-electron chi connectivity index (χ0n) is 16.7. The molecule has 1 atom stereocenters. The Morgan fingerprint density at radius 2 is 1.90 bits per heavy atom. The maximum atomic E-state index is 13.1. The Labute approximate surface area is 182 Å². The summed E-state index contributed by atoms with van der Waals surface area (Å²) >= 11 is 3.77. The molecular weight excluding hydrogens is 491 g/mol. The lowest BCUT2D eigenvalue weighted by atomic mass is 10.1. The SMILES string of the molecule is CCOC(=O)c1c(NC(=O)C(C)n2nc(C(F)(F)F)c(Br)c2C)sc(C(C)=O)c1C. The number of hydrogen-bond acceptors (Lipinski definition) is 6. The monoisotopic (exact) mass is 509 g/mol. The molecule has 0 aliphatic rings. The number of carbonyl (C=O) groups is 3. The zero-order valence-corrected chi connectivity index (χ0v) is 19.1. The van der Waals surface area contributed by atoms with Gasteiger partial charge in [0, 0.05) is 0 Å². The highest BCUT2D eigenvalue weighted by Gasteiger charge is 2.39. The van der Waals surface area contributed by atoms with Crippen molar-refractivity contribution in [3.8, 4) is 0 Å². The van der Waals surface area contributed by atoms with Crippen molar-refractivity contribution in [3.63, 3.8) is 0 Å². The lowest BCUT2D eigenvalue weighted by molar-refractivity contribution is -0.142. The van der Waals surface area contributed by atoms with E-state index < -0.39 is 29.8 Å². The average molecular weight is 510 g/mol. The van der Waals surface area contributed by atoms with Crippen molar-refractivity contribution < 1.29 is 32.3 Å². The number of ketones is 1. The number of Topliss-reactive ketones (excluding diaryl/α,β-unsaturated/α-hetero) is 1. The number of rotatable bonds is 6. The summed E-state index contributed by atoms with van der Waals surface area (Å²) in [5, 5.41) is 6.14. The molecule has 0 aliphatic carbocycles. The van der Waals surface area contributed by atoms with E-state index in [2.05, 4.69) is 26.3 Å². The van der Waals surface area contributed by atoms with Gasteiger partial charge in [-0.25, -0.2) is 4.79 Å². The van der Waals surface area contributed by atoms with Gasteiger partial charge in [-0.15, -0.1) is 11.3 Å². The highest BCUT2D eigenvalue weighted by Crippen LogP contribution is 2.37. The number of carbonyl (C=O) groups excluding carboxylic acids is 3. The zero-order chi connectivity index (χ0) is 23.0. The summed E-state index contributed by atoms with van der Waals surface area (Å²) in [5.74, 6) is -1.71. The predicted octanol–water partition coefficient (Wildman–Crippen LogP) is 4.92. The van der Waals surface area contributed by atoms with Gasteiger partial charge in [-0.2, -0.15) is 18.3 Å². The molecule has 2 aromatic heterocycles. The molecule has 7 nitrogen and oxygen atoms in total. The summed E-state index contributed by atoms with van der Waals surface area (Å²) in [7, 11) is 0. The van der Waals surface area contributed by atoms with Crippen molar-refractivity contribution in [1.29, 1.82) is 0 Å². The van der Waals surface area contributed by atoms with Gasteiger partial charge in [-0.3, -0.25) is 14.3 Å². The Bertz CT molecular complexity index is 1010. The molecule has 0 bridgehead atoms. The van der Waals surface area contributed by atoms with Gasteiger partial charge in [0.25, 0.3) is 0 Å². The molecule has 0 aromatic carbocycles. The van der Waals surface area contributed by atoms with Crippen LogP contribution in [0.3, 0.4) is 0 Å². The first-order valence-electron chi connectivity index (χ1n) is 8.75. The first kappa shape index (κ1) is 24.1. The van der Waals surface area contributed by atoms with E-state index in [0.717, 1.165) is 16.0 Å². The molecule has 1 amide bonds. The van der Waals surface area contributed by atoms with E-state index in [0.29, 0.717) is 5.56 Å². The average Bonchev–Trinajstić information content (AvgIpc) is 3.11. The minimum Gasteiger partial charge on any atom is -0.462 e. The standard InChI is InChI=1S/C18H19BrF3N3O4S/c1-6-29-17(28)11-7(2)13(10(5)26)30-16(11)23-15(27)9(4)25-8(3)12(19)14(24-25)18(20,21)22/h9H,6H2,1-5H3,(H,23,27). The molecule has 164 valence electrons. The van der Waals surface area contributed by atoms with Crippen LogP contribution in [0.2, 0.25) is 0 Å². The lowest BCUT2D eigenvalue weighted by Crippen LogP contribution is -2.26. The molecule has 0 radical (unpaired) electrons. The Kier molecular flexibility index (Phi) is 7.12. The van der Waals surface area contributed by atoms with Crippen LogP contribution in [-0.2, 0) is 15.7 Å². The van der Waals surface area contributed by atoms with Crippen LogP contribution in [0.1, 0.15) is 63.8 Å². The number of alkyl halides is 3. The first-order chi connectivity index (χ1) is 13.8. The van der Waals surface area contributed by atoms with Gasteiger partial charge in [0.15, 0.2) is 11.5 Å². The summed E-state index contributed by atoms with van der Waals surface area (Å²) in [6, 6.07) is -1.13. The van der Waals surface area contributed by atoms with Gasteiger partial charge >= 0.3 is 12.1 Å². The summed E-state index contributed by atoms with van der Waals surface area (Å²) in [6.07, 6.45) is -4.69. The van der Waals surface area contributed by atoms with Gasteiger partial charge in [-0.1, -0.05) is 0 Å². The van der Waals surface area contributed by atoms with E-state index in [1.807, 2.05) is 0 Å². The van der Waals surface area contributed by atoms with Crippen LogP contribution >= 0.6 is 27.3 Å². The summed E-state index contributed by atoms with van der Waals surface area (Å²) in [4.78, 5) is 37.2. The van der Waals surface area contributed by atoms with Crippen LogP contribution in [-0.4, -0.2) is 34.0 Å². The van der Waals surface area contributed by atoms with E-state index >= 15 is 0 Å². The molecule has 0 aliphatic heterocycles. The van der Waals surface area contributed by atoms with E-state index in [9.17, 15) is 27.6 Å². The van der Waals surface area contributed by atoms with Crippen molar-refractivity contribution in [2.45, 2.75) is 46.8 Å². The van der Waals surface area contributed by atoms with E-state index in [4.69, 9.17) is 4.74 Å². The third-order valence-electron chi connectivity index (χ3n) is 4.27. The van der Waals surface area contributed by atoms with Gasteiger partial charge in [0.05, 0.1) is 27.2 Å². The molecule has 1 unspecified atom stereocenters. The minimum atomic E-state index is -4.69. The summed E-state index contributed by atoms with van der Waals surface area (Å²) < 4.78 is 45.0. The number of esters is 1. The van der Waals surface area contributed by atoms with Crippen molar-refractivity contribution >= 4 is 49.9 Å². The van der Waals surface area contributed by atoms with E-state index in [1.165, 1.54) is 20.8 Å². The number of thiophene rings is 1. The number of aromatic nitrogens is 2. The third-order valence-corrected chi connectivity index (χ3v) is 6.53. The number of hydrogen-bond donors (Lipinski definition) is 1. The molecule has 0 fully saturated rings.